The maximum Gasteiger partial charge on any atom is 0.104 e. The first-order valence-electron chi connectivity index (χ1n) is 4.24. The lowest BCUT2D eigenvalue weighted by molar-refractivity contribution is 0.350. The highest BCUT2D eigenvalue weighted by Crippen LogP contribution is 1.94. The van der Waals surface area contributed by atoms with Crippen molar-refractivity contribution in [1.29, 1.82) is 0 Å². The van der Waals surface area contributed by atoms with Crippen molar-refractivity contribution in [3.05, 3.63) is 48.0 Å². The van der Waals surface area contributed by atoms with Crippen LogP contribution in [0.25, 0.3) is 0 Å². The largest absolute Gasteiger partial charge is 0.384 e. The van der Waals surface area contributed by atoms with Crippen LogP contribution >= 0.6 is 0 Å². The molecule has 0 fully saturated rings. The molecule has 0 aliphatic carbocycles. The van der Waals surface area contributed by atoms with Crippen molar-refractivity contribution in [2.24, 2.45) is 0 Å². The Bertz CT molecular complexity index is 407. The molecule has 1 heteroatoms. The zero-order chi connectivity index (χ0) is 10.1. The molecule has 1 aromatic rings. The number of allylic oxidation sites excluding steroid dienone is 2. The van der Waals surface area contributed by atoms with Gasteiger partial charge in [-0.1, -0.05) is 41.9 Å². The molecule has 0 amide bonds. The number of rotatable bonds is 0. The number of aliphatic hydroxyl groups excluding tert-OH is 1. The van der Waals surface area contributed by atoms with Crippen LogP contribution in [0.1, 0.15) is 5.56 Å². The van der Waals surface area contributed by atoms with E-state index in [1.54, 1.807) is 12.2 Å². The summed E-state index contributed by atoms with van der Waals surface area (Å²) < 4.78 is 0. The summed E-state index contributed by atoms with van der Waals surface area (Å²) in [6.45, 7) is -0.115. The highest BCUT2D eigenvalue weighted by atomic mass is 16.2. The number of hydrogen-bond donors (Lipinski definition) is 1. The maximum atomic E-state index is 8.36. The molecule has 14 heavy (non-hydrogen) atoms. The average Bonchev–Trinajstić information content (AvgIpc) is 2.25. The van der Waals surface area contributed by atoms with E-state index in [4.69, 9.17) is 5.11 Å². The summed E-state index contributed by atoms with van der Waals surface area (Å²) in [6.07, 6.45) is 3.28. The third-order valence-electron chi connectivity index (χ3n) is 1.42. The van der Waals surface area contributed by atoms with Crippen molar-refractivity contribution in [1.82, 2.24) is 0 Å². The molecule has 68 valence electrons. The summed E-state index contributed by atoms with van der Waals surface area (Å²) in [5.41, 5.74) is 0.979. The standard InChI is InChI=1S/C13H10O/c14-12-8-3-1-2-5-9-13-10-6-4-7-11-13/h1-2,4,6-7,10-11,14H,12H2/b2-1-. The van der Waals surface area contributed by atoms with E-state index in [9.17, 15) is 0 Å². The van der Waals surface area contributed by atoms with Gasteiger partial charge in [0.1, 0.15) is 6.61 Å². The Balaban J connectivity index is 2.53. The summed E-state index contributed by atoms with van der Waals surface area (Å²) in [6, 6.07) is 9.73. The fourth-order valence-corrected chi connectivity index (χ4v) is 0.834. The molecule has 0 aliphatic rings. The van der Waals surface area contributed by atoms with Crippen molar-refractivity contribution >= 4 is 0 Å². The quantitative estimate of drug-likeness (QED) is 0.604. The number of hydrogen-bond acceptors (Lipinski definition) is 1. The van der Waals surface area contributed by atoms with Gasteiger partial charge in [-0.05, 0) is 24.3 Å². The normalized spacial score (nSPS) is 8.64. The molecule has 0 aliphatic heterocycles. The van der Waals surface area contributed by atoms with Gasteiger partial charge >= 0.3 is 0 Å². The topological polar surface area (TPSA) is 20.2 Å². The summed E-state index contributed by atoms with van der Waals surface area (Å²) in [7, 11) is 0. The Hall–Kier alpha value is -1.96. The van der Waals surface area contributed by atoms with Crippen molar-refractivity contribution in [2.75, 3.05) is 6.61 Å². The molecule has 0 heterocycles. The first-order valence-corrected chi connectivity index (χ1v) is 4.24. The van der Waals surface area contributed by atoms with Crippen LogP contribution in [-0.2, 0) is 0 Å². The molecule has 0 saturated heterocycles. The zero-order valence-electron chi connectivity index (χ0n) is 7.70. The Morgan fingerprint density at radius 3 is 2.50 bits per heavy atom. The van der Waals surface area contributed by atoms with Gasteiger partial charge in [0.15, 0.2) is 0 Å². The lowest BCUT2D eigenvalue weighted by atomic mass is 10.2. The third kappa shape index (κ3) is 4.16. The van der Waals surface area contributed by atoms with Crippen molar-refractivity contribution in [2.45, 2.75) is 0 Å². The van der Waals surface area contributed by atoms with Crippen molar-refractivity contribution in [3.63, 3.8) is 0 Å². The third-order valence-corrected chi connectivity index (χ3v) is 1.42. The minimum atomic E-state index is -0.115. The van der Waals surface area contributed by atoms with Crippen LogP contribution in [0.4, 0.5) is 0 Å². The summed E-state index contributed by atoms with van der Waals surface area (Å²) in [4.78, 5) is 0. The van der Waals surface area contributed by atoms with Gasteiger partial charge in [0.2, 0.25) is 0 Å². The van der Waals surface area contributed by atoms with E-state index in [2.05, 4.69) is 23.7 Å². The maximum absolute atomic E-state index is 8.36. The minimum absolute atomic E-state index is 0.115. The van der Waals surface area contributed by atoms with Gasteiger partial charge in [0, 0.05) is 5.56 Å². The highest BCUT2D eigenvalue weighted by molar-refractivity contribution is 5.37. The molecule has 0 aromatic heterocycles. The summed E-state index contributed by atoms with van der Waals surface area (Å²) >= 11 is 0. The molecule has 0 bridgehead atoms. The van der Waals surface area contributed by atoms with Crippen LogP contribution in [0, 0.1) is 23.7 Å². The highest BCUT2D eigenvalue weighted by Gasteiger charge is 1.78. The predicted molar refractivity (Wildman–Crippen MR) is 57.3 cm³/mol. The molecule has 1 aromatic carbocycles. The Morgan fingerprint density at radius 2 is 1.79 bits per heavy atom. The van der Waals surface area contributed by atoms with Crippen molar-refractivity contribution in [3.8, 4) is 23.7 Å². The van der Waals surface area contributed by atoms with Crippen LogP contribution in [0.5, 0.6) is 0 Å². The molecular formula is C13H10O. The van der Waals surface area contributed by atoms with Crippen LogP contribution in [0.3, 0.4) is 0 Å². The molecule has 0 atom stereocenters. The first-order chi connectivity index (χ1) is 6.93. The molecule has 0 spiro atoms. The molecule has 1 N–H and O–H groups in total. The first kappa shape index (κ1) is 10.1. The van der Waals surface area contributed by atoms with Gasteiger partial charge in [-0.25, -0.2) is 0 Å². The Morgan fingerprint density at radius 1 is 1.07 bits per heavy atom. The summed E-state index contributed by atoms with van der Waals surface area (Å²) in [5.74, 6) is 10.9. The number of benzene rings is 1. The SMILES string of the molecule is OCC#C/C=C\C#Cc1ccccc1. The van der Waals surface area contributed by atoms with Crippen LogP contribution < -0.4 is 0 Å². The number of aliphatic hydroxyl groups is 1. The lowest BCUT2D eigenvalue weighted by Gasteiger charge is -1.83. The van der Waals surface area contributed by atoms with E-state index in [0.717, 1.165) is 5.56 Å². The lowest BCUT2D eigenvalue weighted by Crippen LogP contribution is -1.69. The van der Waals surface area contributed by atoms with E-state index in [1.807, 2.05) is 30.3 Å². The monoisotopic (exact) mass is 182 g/mol. The van der Waals surface area contributed by atoms with Crippen LogP contribution in [0.15, 0.2) is 42.5 Å². The van der Waals surface area contributed by atoms with Gasteiger partial charge in [-0.3, -0.25) is 0 Å². The smallest absolute Gasteiger partial charge is 0.104 e. The molecular weight excluding hydrogens is 172 g/mol. The fourth-order valence-electron chi connectivity index (χ4n) is 0.834. The van der Waals surface area contributed by atoms with E-state index < -0.39 is 0 Å². The van der Waals surface area contributed by atoms with Gasteiger partial charge in [0.25, 0.3) is 0 Å². The van der Waals surface area contributed by atoms with Gasteiger partial charge in [0.05, 0.1) is 0 Å². The molecule has 0 unspecified atom stereocenters. The zero-order valence-corrected chi connectivity index (χ0v) is 7.70. The van der Waals surface area contributed by atoms with Crippen LogP contribution in [0.2, 0.25) is 0 Å². The summed E-state index contributed by atoms with van der Waals surface area (Å²) in [5, 5.41) is 8.36. The van der Waals surface area contributed by atoms with Crippen molar-refractivity contribution < 1.29 is 5.11 Å². The molecule has 0 saturated carbocycles. The molecule has 1 nitrogen and oxygen atoms in total. The van der Waals surface area contributed by atoms with Crippen LogP contribution in [-0.4, -0.2) is 11.7 Å². The van der Waals surface area contributed by atoms with E-state index in [-0.39, 0.29) is 6.61 Å². The van der Waals surface area contributed by atoms with Gasteiger partial charge in [-0.2, -0.15) is 0 Å². The average molecular weight is 182 g/mol. The molecule has 1 rings (SSSR count). The van der Waals surface area contributed by atoms with Gasteiger partial charge in [-0.15, -0.1) is 0 Å². The second-order valence-corrected chi connectivity index (χ2v) is 2.45. The van der Waals surface area contributed by atoms with Gasteiger partial charge < -0.3 is 5.11 Å². The predicted octanol–water partition coefficient (Wildman–Crippen LogP) is 1.59. The molecule has 0 radical (unpaired) electrons. The van der Waals surface area contributed by atoms with E-state index >= 15 is 0 Å². The minimum Gasteiger partial charge on any atom is -0.384 e. The second-order valence-electron chi connectivity index (χ2n) is 2.45. The Labute approximate surface area is 84.1 Å². The van der Waals surface area contributed by atoms with E-state index in [1.165, 1.54) is 0 Å². The fraction of sp³-hybridized carbons (Fsp3) is 0.0769. The Kier molecular flexibility index (Phi) is 4.73. The second kappa shape index (κ2) is 6.54. The van der Waals surface area contributed by atoms with E-state index in [0.29, 0.717) is 0 Å².